The van der Waals surface area contributed by atoms with Gasteiger partial charge in [-0.1, -0.05) is 6.07 Å². The van der Waals surface area contributed by atoms with Gasteiger partial charge in [-0.3, -0.25) is 4.79 Å². The molecule has 30 heavy (non-hydrogen) atoms. The highest BCUT2D eigenvalue weighted by Gasteiger charge is 2.20. The van der Waals surface area contributed by atoms with Gasteiger partial charge in [-0.05, 0) is 63.4 Å². The Kier molecular flexibility index (Phi) is 5.41. The van der Waals surface area contributed by atoms with Gasteiger partial charge in [0.15, 0.2) is 11.6 Å². The number of carbonyl (C=O) groups is 1. The second-order valence-corrected chi connectivity index (χ2v) is 7.63. The van der Waals surface area contributed by atoms with Gasteiger partial charge in [0.05, 0.1) is 28.9 Å². The van der Waals surface area contributed by atoms with Gasteiger partial charge in [-0.25, -0.2) is 14.6 Å². The molecule has 4 aromatic rings. The molecular formula is C22H21N5O2S. The number of benzene rings is 1. The van der Waals surface area contributed by atoms with Crippen molar-refractivity contribution in [2.45, 2.75) is 25.8 Å². The van der Waals surface area contributed by atoms with Gasteiger partial charge in [0.1, 0.15) is 5.03 Å². The number of amides is 1. The van der Waals surface area contributed by atoms with Gasteiger partial charge in [-0.15, -0.1) is 11.8 Å². The Bertz CT molecular complexity index is 1210. The Morgan fingerprint density at radius 3 is 2.60 bits per heavy atom. The van der Waals surface area contributed by atoms with Crippen LogP contribution in [-0.2, 0) is 0 Å². The van der Waals surface area contributed by atoms with Crippen LogP contribution in [0.5, 0.6) is 0 Å². The van der Waals surface area contributed by atoms with Crippen molar-refractivity contribution in [3.63, 3.8) is 0 Å². The molecule has 1 N–H and O–H groups in total. The summed E-state index contributed by atoms with van der Waals surface area (Å²) < 4.78 is 7.25. The number of carbonyl (C=O) groups excluding carboxylic acids is 1. The van der Waals surface area contributed by atoms with Crippen LogP contribution < -0.4 is 5.32 Å². The van der Waals surface area contributed by atoms with E-state index in [0.29, 0.717) is 33.6 Å². The summed E-state index contributed by atoms with van der Waals surface area (Å²) in [6, 6.07) is 13.2. The number of nitrogens with one attached hydrogen (secondary N) is 1. The van der Waals surface area contributed by atoms with Gasteiger partial charge in [-0.2, -0.15) is 5.10 Å². The first-order valence-electron chi connectivity index (χ1n) is 9.38. The minimum atomic E-state index is -0.256. The molecule has 0 spiro atoms. The third kappa shape index (κ3) is 3.86. The highest BCUT2D eigenvalue weighted by molar-refractivity contribution is 7.98. The van der Waals surface area contributed by atoms with Crippen LogP contribution in [0.25, 0.3) is 17.3 Å². The zero-order chi connectivity index (χ0) is 21.3. The Morgan fingerprint density at radius 2 is 1.93 bits per heavy atom. The molecule has 1 amide bonds. The molecule has 4 rings (SSSR count). The zero-order valence-corrected chi connectivity index (χ0v) is 17.9. The van der Waals surface area contributed by atoms with Crippen LogP contribution in [0.1, 0.15) is 27.4 Å². The molecule has 3 aromatic heterocycles. The number of nitrogens with zero attached hydrogens (tertiary/aromatic N) is 4. The molecule has 8 heteroatoms. The normalized spacial score (nSPS) is 10.9. The minimum Gasteiger partial charge on any atom is -0.461 e. The van der Waals surface area contributed by atoms with E-state index in [4.69, 9.17) is 4.42 Å². The molecule has 0 saturated carbocycles. The lowest BCUT2D eigenvalue weighted by molar-refractivity contribution is 0.102. The van der Waals surface area contributed by atoms with Gasteiger partial charge < -0.3 is 9.73 Å². The fourth-order valence-corrected chi connectivity index (χ4v) is 3.89. The molecule has 0 bridgehead atoms. The monoisotopic (exact) mass is 419 g/mol. The largest absolute Gasteiger partial charge is 0.461 e. The molecule has 0 aliphatic carbocycles. The van der Waals surface area contributed by atoms with E-state index < -0.39 is 0 Å². The quantitative estimate of drug-likeness (QED) is 0.369. The molecular weight excluding hydrogens is 398 g/mol. The lowest BCUT2D eigenvalue weighted by Gasteiger charge is -2.12. The van der Waals surface area contributed by atoms with Crippen molar-refractivity contribution in [2.24, 2.45) is 0 Å². The third-order valence-electron chi connectivity index (χ3n) is 4.58. The number of anilines is 1. The molecule has 0 saturated heterocycles. The fraction of sp³-hybridized carbons (Fsp3) is 0.182. The van der Waals surface area contributed by atoms with Crippen molar-refractivity contribution in [1.29, 1.82) is 0 Å². The first-order chi connectivity index (χ1) is 14.5. The number of hydrogen-bond donors (Lipinski definition) is 1. The van der Waals surface area contributed by atoms with E-state index >= 15 is 0 Å². The lowest BCUT2D eigenvalue weighted by Crippen LogP contribution is -2.17. The summed E-state index contributed by atoms with van der Waals surface area (Å²) in [7, 11) is 0. The van der Waals surface area contributed by atoms with Crippen LogP contribution in [0.15, 0.2) is 58.2 Å². The first-order valence-corrected chi connectivity index (χ1v) is 10.6. The van der Waals surface area contributed by atoms with Gasteiger partial charge in [0, 0.05) is 11.4 Å². The second kappa shape index (κ2) is 8.16. The third-order valence-corrected chi connectivity index (χ3v) is 5.26. The number of aryl methyl sites for hydroxylation is 3. The average Bonchev–Trinajstić information content (AvgIpc) is 3.37. The van der Waals surface area contributed by atoms with Crippen LogP contribution in [-0.4, -0.2) is 31.9 Å². The Hall–Kier alpha value is -3.39. The highest BCUT2D eigenvalue weighted by Crippen LogP contribution is 2.26. The molecule has 3 heterocycles. The Morgan fingerprint density at radius 1 is 1.10 bits per heavy atom. The molecule has 7 nitrogen and oxygen atoms in total. The van der Waals surface area contributed by atoms with Crippen molar-refractivity contribution in [2.75, 3.05) is 11.6 Å². The van der Waals surface area contributed by atoms with Crippen molar-refractivity contribution >= 4 is 23.4 Å². The number of thioether (sulfide) groups is 1. The summed E-state index contributed by atoms with van der Waals surface area (Å²) in [5.74, 6) is 0.774. The number of hydrogen-bond acceptors (Lipinski definition) is 6. The van der Waals surface area contributed by atoms with Crippen LogP contribution in [0.2, 0.25) is 0 Å². The number of rotatable bonds is 5. The fourth-order valence-electron chi connectivity index (χ4n) is 3.27. The van der Waals surface area contributed by atoms with Crippen molar-refractivity contribution in [3.8, 4) is 17.3 Å². The second-order valence-electron chi connectivity index (χ2n) is 6.84. The van der Waals surface area contributed by atoms with Crippen LogP contribution >= 0.6 is 11.8 Å². The first kappa shape index (κ1) is 19.9. The Labute approximate surface area is 178 Å². The summed E-state index contributed by atoms with van der Waals surface area (Å²) in [5, 5.41) is 8.07. The molecule has 0 atom stereocenters. The topological polar surface area (TPSA) is 85.8 Å². The molecule has 0 radical (unpaired) electrons. The van der Waals surface area contributed by atoms with E-state index in [-0.39, 0.29) is 5.91 Å². The van der Waals surface area contributed by atoms with E-state index in [2.05, 4.69) is 20.4 Å². The molecule has 152 valence electrons. The maximum atomic E-state index is 13.1. The minimum absolute atomic E-state index is 0.256. The van der Waals surface area contributed by atoms with Crippen LogP contribution in [0.3, 0.4) is 0 Å². The number of furan rings is 1. The van der Waals surface area contributed by atoms with E-state index in [1.807, 2.05) is 55.1 Å². The predicted molar refractivity (Wildman–Crippen MR) is 117 cm³/mol. The van der Waals surface area contributed by atoms with Crippen molar-refractivity contribution < 1.29 is 9.21 Å². The molecule has 1 aromatic carbocycles. The summed E-state index contributed by atoms with van der Waals surface area (Å²) >= 11 is 1.40. The summed E-state index contributed by atoms with van der Waals surface area (Å²) in [6.07, 6.45) is 3.46. The van der Waals surface area contributed by atoms with Crippen LogP contribution in [0, 0.1) is 20.8 Å². The molecule has 0 aliphatic heterocycles. The standard InChI is InChI=1S/C22H21N5O2S/c1-13-11-14(2)27(26-13)17-8-5-7-16(12-17)24-21(28)19-15(3)23-20(25-22(19)30-4)18-9-6-10-29-18/h5-12H,1-4H3,(H,24,28). The van der Waals surface area contributed by atoms with Gasteiger partial charge in [0.2, 0.25) is 0 Å². The summed E-state index contributed by atoms with van der Waals surface area (Å²) in [6.45, 7) is 5.75. The average molecular weight is 420 g/mol. The smallest absolute Gasteiger partial charge is 0.260 e. The van der Waals surface area contributed by atoms with Crippen molar-refractivity contribution in [3.05, 3.63) is 71.4 Å². The van der Waals surface area contributed by atoms with E-state index in [1.165, 1.54) is 11.8 Å². The Balaban J connectivity index is 1.64. The lowest BCUT2D eigenvalue weighted by atomic mass is 10.2. The van der Waals surface area contributed by atoms with Crippen molar-refractivity contribution in [1.82, 2.24) is 19.7 Å². The SMILES string of the molecule is CSc1nc(-c2ccco2)nc(C)c1C(=O)Nc1cccc(-n2nc(C)cc2C)c1. The molecule has 0 aliphatic rings. The van der Waals surface area contributed by atoms with E-state index in [0.717, 1.165) is 17.1 Å². The summed E-state index contributed by atoms with van der Waals surface area (Å²) in [5.41, 5.74) is 4.56. The maximum Gasteiger partial charge on any atom is 0.260 e. The van der Waals surface area contributed by atoms with Gasteiger partial charge >= 0.3 is 0 Å². The molecule has 0 unspecified atom stereocenters. The van der Waals surface area contributed by atoms with Crippen LogP contribution in [0.4, 0.5) is 5.69 Å². The number of aromatic nitrogens is 4. The maximum absolute atomic E-state index is 13.1. The zero-order valence-electron chi connectivity index (χ0n) is 17.1. The van der Waals surface area contributed by atoms with E-state index in [9.17, 15) is 4.79 Å². The predicted octanol–water partition coefficient (Wildman–Crippen LogP) is 4.82. The summed E-state index contributed by atoms with van der Waals surface area (Å²) in [4.78, 5) is 22.1. The van der Waals surface area contributed by atoms with Gasteiger partial charge in [0.25, 0.3) is 5.91 Å². The van der Waals surface area contributed by atoms with E-state index in [1.54, 1.807) is 25.3 Å². The molecule has 0 fully saturated rings. The highest BCUT2D eigenvalue weighted by atomic mass is 32.2.